The maximum absolute atomic E-state index is 12.2. The summed E-state index contributed by atoms with van der Waals surface area (Å²) in [6, 6.07) is -0.101. The van der Waals surface area contributed by atoms with Crippen LogP contribution in [0.3, 0.4) is 0 Å². The van der Waals surface area contributed by atoms with E-state index in [0.717, 1.165) is 17.1 Å². The molecule has 20 heavy (non-hydrogen) atoms. The van der Waals surface area contributed by atoms with Gasteiger partial charge in [0.1, 0.15) is 6.10 Å². The topological polar surface area (TPSA) is 79.0 Å². The van der Waals surface area contributed by atoms with Crippen molar-refractivity contribution in [2.24, 2.45) is 0 Å². The van der Waals surface area contributed by atoms with Crippen LogP contribution in [0.15, 0.2) is 0 Å². The van der Waals surface area contributed by atoms with E-state index in [1.165, 1.54) is 14.1 Å². The largest absolute Gasteiger partial charge is 0.368 e. The van der Waals surface area contributed by atoms with Crippen molar-refractivity contribution in [3.8, 4) is 0 Å². The fourth-order valence-corrected chi connectivity index (χ4v) is 3.38. The molecule has 116 valence electrons. The molecule has 2 rings (SSSR count). The third kappa shape index (κ3) is 3.69. The molecular formula is C12H23N3O4S. The van der Waals surface area contributed by atoms with Crippen molar-refractivity contribution < 1.29 is 17.9 Å². The molecule has 0 radical (unpaired) electrons. The second-order valence-corrected chi connectivity index (χ2v) is 7.42. The first-order valence-electron chi connectivity index (χ1n) is 7.00. The van der Waals surface area contributed by atoms with E-state index in [1.54, 1.807) is 4.90 Å². The average Bonchev–Trinajstić information content (AvgIpc) is 2.92. The van der Waals surface area contributed by atoms with Gasteiger partial charge in [0.25, 0.3) is 16.1 Å². The van der Waals surface area contributed by atoms with E-state index in [1.807, 2.05) is 0 Å². The normalized spacial score (nSPS) is 25.4. The van der Waals surface area contributed by atoms with Crippen LogP contribution < -0.4 is 4.72 Å². The first-order valence-corrected chi connectivity index (χ1v) is 8.44. The molecule has 1 unspecified atom stereocenters. The van der Waals surface area contributed by atoms with Crippen LogP contribution in [0.1, 0.15) is 25.7 Å². The zero-order chi connectivity index (χ0) is 14.8. The first-order chi connectivity index (χ1) is 9.40. The molecule has 2 aliphatic heterocycles. The highest BCUT2D eigenvalue weighted by molar-refractivity contribution is 7.87. The molecule has 2 saturated heterocycles. The summed E-state index contributed by atoms with van der Waals surface area (Å²) < 4.78 is 32.7. The van der Waals surface area contributed by atoms with Crippen molar-refractivity contribution >= 4 is 16.1 Å². The molecule has 0 aromatic heterocycles. The third-order valence-corrected chi connectivity index (χ3v) is 5.40. The number of ether oxygens (including phenoxy) is 1. The number of rotatable bonds is 4. The summed E-state index contributed by atoms with van der Waals surface area (Å²) in [6.45, 7) is 1.83. The van der Waals surface area contributed by atoms with E-state index in [0.29, 0.717) is 32.5 Å². The molecule has 2 aliphatic rings. The number of nitrogens with zero attached hydrogens (tertiary/aromatic N) is 2. The highest BCUT2D eigenvalue weighted by atomic mass is 32.2. The lowest BCUT2D eigenvalue weighted by Gasteiger charge is -2.33. The summed E-state index contributed by atoms with van der Waals surface area (Å²) >= 11 is 0. The number of amides is 1. The van der Waals surface area contributed by atoms with Crippen LogP contribution in [0, 0.1) is 0 Å². The average molecular weight is 305 g/mol. The highest BCUT2D eigenvalue weighted by Crippen LogP contribution is 2.18. The van der Waals surface area contributed by atoms with Gasteiger partial charge in [-0.3, -0.25) is 4.79 Å². The monoisotopic (exact) mass is 305 g/mol. The van der Waals surface area contributed by atoms with Gasteiger partial charge in [-0.15, -0.1) is 0 Å². The molecular weight excluding hydrogens is 282 g/mol. The fourth-order valence-electron chi connectivity index (χ4n) is 2.51. The number of likely N-dealkylation sites (tertiary alicyclic amines) is 1. The Morgan fingerprint density at radius 1 is 1.25 bits per heavy atom. The molecule has 0 aliphatic carbocycles. The Morgan fingerprint density at radius 3 is 2.40 bits per heavy atom. The van der Waals surface area contributed by atoms with Crippen molar-refractivity contribution in [2.75, 3.05) is 33.8 Å². The second kappa shape index (κ2) is 6.38. The van der Waals surface area contributed by atoms with Crippen LogP contribution in [-0.4, -0.2) is 69.5 Å². The van der Waals surface area contributed by atoms with Gasteiger partial charge in [-0.05, 0) is 25.7 Å². The van der Waals surface area contributed by atoms with Gasteiger partial charge >= 0.3 is 0 Å². The summed E-state index contributed by atoms with van der Waals surface area (Å²) in [5.74, 6) is 0.0522. The molecule has 0 spiro atoms. The number of nitrogens with one attached hydrogen (secondary N) is 1. The number of piperidine rings is 1. The third-order valence-electron chi connectivity index (χ3n) is 3.81. The van der Waals surface area contributed by atoms with Crippen molar-refractivity contribution in [3.63, 3.8) is 0 Å². The fraction of sp³-hybridized carbons (Fsp3) is 0.917. The number of hydrogen-bond acceptors (Lipinski definition) is 4. The van der Waals surface area contributed by atoms with Crippen molar-refractivity contribution in [3.05, 3.63) is 0 Å². The predicted molar refractivity (Wildman–Crippen MR) is 74.3 cm³/mol. The van der Waals surface area contributed by atoms with Crippen LogP contribution in [0.4, 0.5) is 0 Å². The van der Waals surface area contributed by atoms with Gasteiger partial charge in [0.05, 0.1) is 0 Å². The lowest BCUT2D eigenvalue weighted by atomic mass is 10.1. The van der Waals surface area contributed by atoms with Crippen molar-refractivity contribution in [2.45, 2.75) is 37.8 Å². The molecule has 7 nitrogen and oxygen atoms in total. The first kappa shape index (κ1) is 15.7. The van der Waals surface area contributed by atoms with Gasteiger partial charge in [-0.1, -0.05) is 0 Å². The van der Waals surface area contributed by atoms with Crippen LogP contribution in [0.25, 0.3) is 0 Å². The summed E-state index contributed by atoms with van der Waals surface area (Å²) in [5.41, 5.74) is 0. The van der Waals surface area contributed by atoms with Gasteiger partial charge in [0.15, 0.2) is 0 Å². The Balaban J connectivity index is 1.82. The molecule has 2 heterocycles. The minimum atomic E-state index is -3.40. The van der Waals surface area contributed by atoms with Gasteiger partial charge < -0.3 is 9.64 Å². The van der Waals surface area contributed by atoms with Crippen molar-refractivity contribution in [1.29, 1.82) is 0 Å². The lowest BCUT2D eigenvalue weighted by molar-refractivity contribution is -0.142. The summed E-state index contributed by atoms with van der Waals surface area (Å²) in [7, 11) is -0.399. The standard InChI is InChI=1S/C12H23N3O4S/c1-14(2)20(17,18)13-10-5-7-15(8-6-10)12(16)11-4-3-9-19-11/h10-11,13H,3-9H2,1-2H3. The van der Waals surface area contributed by atoms with Crippen molar-refractivity contribution in [1.82, 2.24) is 13.9 Å². The maximum Gasteiger partial charge on any atom is 0.279 e. The molecule has 0 bridgehead atoms. The van der Waals surface area contributed by atoms with E-state index >= 15 is 0 Å². The van der Waals surface area contributed by atoms with Gasteiger partial charge in [0, 0.05) is 39.8 Å². The molecule has 2 fully saturated rings. The molecule has 0 aromatic carbocycles. The Kier molecular flexibility index (Phi) is 5.00. The van der Waals surface area contributed by atoms with E-state index in [9.17, 15) is 13.2 Å². The molecule has 0 saturated carbocycles. The summed E-state index contributed by atoms with van der Waals surface area (Å²) in [4.78, 5) is 13.9. The van der Waals surface area contributed by atoms with Crippen LogP contribution in [-0.2, 0) is 19.7 Å². The molecule has 8 heteroatoms. The van der Waals surface area contributed by atoms with E-state index < -0.39 is 10.2 Å². The molecule has 0 aromatic rings. The Hall–Kier alpha value is -0.700. The quantitative estimate of drug-likeness (QED) is 0.763. The van der Waals surface area contributed by atoms with Crippen LogP contribution >= 0.6 is 0 Å². The Bertz CT molecular complexity index is 438. The minimum absolute atomic E-state index is 0.0522. The second-order valence-electron chi connectivity index (χ2n) is 5.51. The molecule has 1 amide bonds. The van der Waals surface area contributed by atoms with Crippen LogP contribution in [0.5, 0.6) is 0 Å². The molecule has 1 atom stereocenters. The summed E-state index contributed by atoms with van der Waals surface area (Å²) in [5, 5.41) is 0. The smallest absolute Gasteiger partial charge is 0.279 e. The number of carbonyl (C=O) groups excluding carboxylic acids is 1. The van der Waals surface area contributed by atoms with Gasteiger partial charge in [-0.25, -0.2) is 0 Å². The number of carbonyl (C=O) groups is 1. The predicted octanol–water partition coefficient (Wildman–Crippen LogP) is -0.448. The lowest BCUT2D eigenvalue weighted by Crippen LogP contribution is -2.50. The molecule has 1 N–H and O–H groups in total. The Morgan fingerprint density at radius 2 is 1.90 bits per heavy atom. The van der Waals surface area contributed by atoms with E-state index in [4.69, 9.17) is 4.74 Å². The SMILES string of the molecule is CN(C)S(=O)(=O)NC1CCN(C(=O)C2CCCO2)CC1. The summed E-state index contributed by atoms with van der Waals surface area (Å²) in [6.07, 6.45) is 2.74. The minimum Gasteiger partial charge on any atom is -0.368 e. The van der Waals surface area contributed by atoms with Gasteiger partial charge in [-0.2, -0.15) is 17.4 Å². The highest BCUT2D eigenvalue weighted by Gasteiger charge is 2.32. The maximum atomic E-state index is 12.2. The van der Waals surface area contributed by atoms with Gasteiger partial charge in [0.2, 0.25) is 0 Å². The van der Waals surface area contributed by atoms with E-state index in [2.05, 4.69) is 4.72 Å². The van der Waals surface area contributed by atoms with E-state index in [-0.39, 0.29) is 18.1 Å². The zero-order valence-corrected chi connectivity index (χ0v) is 12.9. The zero-order valence-electron chi connectivity index (χ0n) is 12.0. The number of hydrogen-bond donors (Lipinski definition) is 1. The van der Waals surface area contributed by atoms with Crippen LogP contribution in [0.2, 0.25) is 0 Å². The Labute approximate surface area is 120 Å².